The molecule has 0 unspecified atom stereocenters. The first-order chi connectivity index (χ1) is 11.2. The summed E-state index contributed by atoms with van der Waals surface area (Å²) in [6, 6.07) is 10.8. The van der Waals surface area contributed by atoms with Crippen molar-refractivity contribution in [2.24, 2.45) is 0 Å². The van der Waals surface area contributed by atoms with Crippen LogP contribution in [0.5, 0.6) is 5.75 Å². The van der Waals surface area contributed by atoms with Crippen LogP contribution in [0.3, 0.4) is 0 Å². The van der Waals surface area contributed by atoms with Crippen molar-refractivity contribution in [1.82, 2.24) is 15.2 Å². The number of amides is 1. The summed E-state index contributed by atoms with van der Waals surface area (Å²) >= 11 is 0. The Morgan fingerprint density at radius 1 is 1.30 bits per heavy atom. The van der Waals surface area contributed by atoms with Crippen molar-refractivity contribution in [2.45, 2.75) is 0 Å². The molecule has 0 radical (unpaired) electrons. The fourth-order valence-corrected chi connectivity index (χ4v) is 1.89. The third-order valence-electron chi connectivity index (χ3n) is 3.03. The van der Waals surface area contributed by atoms with Gasteiger partial charge in [-0.25, -0.2) is 0 Å². The van der Waals surface area contributed by atoms with Gasteiger partial charge < -0.3 is 9.15 Å². The van der Waals surface area contributed by atoms with E-state index in [-0.39, 0.29) is 11.9 Å². The Kier molecular flexibility index (Phi) is 4.19. The summed E-state index contributed by atoms with van der Waals surface area (Å²) in [4.78, 5) is 16.0. The first-order valence-corrected chi connectivity index (χ1v) is 6.84. The standard InChI is InChI=1S/C16H14N4O3/c1-22-12-6-4-11(5-7-12)15-18-16(20-19-15)17-14(21)9-8-13-3-2-10-23-13/h2-10H,1H3,(H2,17,18,19,20,21). The van der Waals surface area contributed by atoms with E-state index in [0.29, 0.717) is 11.6 Å². The van der Waals surface area contributed by atoms with Crippen LogP contribution in [0, 0.1) is 0 Å². The number of nitrogens with zero attached hydrogens (tertiary/aromatic N) is 2. The third kappa shape index (κ3) is 3.65. The lowest BCUT2D eigenvalue weighted by Crippen LogP contribution is -2.08. The predicted molar refractivity (Wildman–Crippen MR) is 84.7 cm³/mol. The average molecular weight is 310 g/mol. The molecule has 0 aliphatic carbocycles. The minimum atomic E-state index is -0.346. The van der Waals surface area contributed by atoms with Gasteiger partial charge in [-0.05, 0) is 42.5 Å². The van der Waals surface area contributed by atoms with E-state index in [2.05, 4.69) is 20.5 Å². The van der Waals surface area contributed by atoms with Gasteiger partial charge in [-0.2, -0.15) is 4.98 Å². The Bertz CT molecular complexity index is 804. The van der Waals surface area contributed by atoms with E-state index in [1.807, 2.05) is 24.3 Å². The van der Waals surface area contributed by atoms with Crippen LogP contribution in [0.1, 0.15) is 5.76 Å². The molecule has 0 bridgehead atoms. The topological polar surface area (TPSA) is 93.0 Å². The molecule has 1 aromatic carbocycles. The van der Waals surface area contributed by atoms with Crippen LogP contribution in [-0.2, 0) is 4.79 Å². The molecule has 0 fully saturated rings. The molecule has 0 aliphatic heterocycles. The predicted octanol–water partition coefficient (Wildman–Crippen LogP) is 2.73. The minimum Gasteiger partial charge on any atom is -0.497 e. The van der Waals surface area contributed by atoms with Gasteiger partial charge in [0.1, 0.15) is 11.5 Å². The van der Waals surface area contributed by atoms with Crippen LogP contribution < -0.4 is 10.1 Å². The molecule has 2 N–H and O–H groups in total. The summed E-state index contributed by atoms with van der Waals surface area (Å²) < 4.78 is 10.2. The normalized spacial score (nSPS) is 10.8. The number of aromatic nitrogens is 3. The number of carbonyl (C=O) groups is 1. The highest BCUT2D eigenvalue weighted by Gasteiger charge is 2.07. The van der Waals surface area contributed by atoms with E-state index in [9.17, 15) is 4.79 Å². The van der Waals surface area contributed by atoms with Crippen LogP contribution in [0.2, 0.25) is 0 Å². The number of carbonyl (C=O) groups excluding carboxylic acids is 1. The van der Waals surface area contributed by atoms with Crippen LogP contribution in [0.15, 0.2) is 53.2 Å². The zero-order valence-corrected chi connectivity index (χ0v) is 12.3. The van der Waals surface area contributed by atoms with E-state index in [1.54, 1.807) is 25.3 Å². The van der Waals surface area contributed by atoms with Crippen molar-refractivity contribution in [3.05, 3.63) is 54.5 Å². The van der Waals surface area contributed by atoms with E-state index < -0.39 is 0 Å². The van der Waals surface area contributed by atoms with Crippen molar-refractivity contribution in [2.75, 3.05) is 12.4 Å². The van der Waals surface area contributed by atoms with Gasteiger partial charge in [0.05, 0.1) is 13.4 Å². The van der Waals surface area contributed by atoms with Gasteiger partial charge in [0, 0.05) is 11.6 Å². The number of H-pyrrole nitrogens is 1. The number of hydrogen-bond acceptors (Lipinski definition) is 5. The number of anilines is 1. The molecule has 2 heterocycles. The first-order valence-electron chi connectivity index (χ1n) is 6.84. The van der Waals surface area contributed by atoms with Gasteiger partial charge in [0.15, 0.2) is 5.82 Å². The number of nitrogens with one attached hydrogen (secondary N) is 2. The highest BCUT2D eigenvalue weighted by molar-refractivity contribution is 6.00. The zero-order chi connectivity index (χ0) is 16.1. The summed E-state index contributed by atoms with van der Waals surface area (Å²) in [5, 5.41) is 9.31. The smallest absolute Gasteiger partial charge is 0.250 e. The SMILES string of the molecule is COc1ccc(-c2nc(NC(=O)C=Cc3ccco3)n[nH]2)cc1. The van der Waals surface area contributed by atoms with E-state index in [0.717, 1.165) is 11.3 Å². The Hall–Kier alpha value is -3.35. The fourth-order valence-electron chi connectivity index (χ4n) is 1.89. The van der Waals surface area contributed by atoms with E-state index in [1.165, 1.54) is 12.3 Å². The number of benzene rings is 1. The first kappa shape index (κ1) is 14.6. The Morgan fingerprint density at radius 3 is 2.83 bits per heavy atom. The molecule has 0 atom stereocenters. The highest BCUT2D eigenvalue weighted by atomic mass is 16.5. The van der Waals surface area contributed by atoms with Gasteiger partial charge >= 0.3 is 0 Å². The Labute approximate surface area is 132 Å². The molecule has 23 heavy (non-hydrogen) atoms. The summed E-state index contributed by atoms with van der Waals surface area (Å²) in [5.41, 5.74) is 0.838. The molecule has 0 spiro atoms. The van der Waals surface area contributed by atoms with Crippen molar-refractivity contribution >= 4 is 17.9 Å². The molecular formula is C16H14N4O3. The summed E-state index contributed by atoms with van der Waals surface area (Å²) in [7, 11) is 1.60. The number of furan rings is 1. The Balaban J connectivity index is 1.65. The van der Waals surface area contributed by atoms with Crippen LogP contribution >= 0.6 is 0 Å². The molecule has 3 aromatic rings. The molecule has 3 rings (SSSR count). The van der Waals surface area contributed by atoms with Crippen molar-refractivity contribution in [1.29, 1.82) is 0 Å². The quantitative estimate of drug-likeness (QED) is 0.707. The maximum Gasteiger partial charge on any atom is 0.250 e. The minimum absolute atomic E-state index is 0.199. The second-order valence-electron chi connectivity index (χ2n) is 4.57. The van der Waals surface area contributed by atoms with Crippen molar-refractivity contribution in [3.63, 3.8) is 0 Å². The lowest BCUT2D eigenvalue weighted by molar-refractivity contribution is -0.111. The molecule has 0 aliphatic rings. The highest BCUT2D eigenvalue weighted by Crippen LogP contribution is 2.19. The molecule has 0 saturated carbocycles. The zero-order valence-electron chi connectivity index (χ0n) is 12.3. The second kappa shape index (κ2) is 6.61. The summed E-state index contributed by atoms with van der Waals surface area (Å²) in [5.74, 6) is 1.75. The van der Waals surface area contributed by atoms with Crippen molar-refractivity contribution < 1.29 is 13.9 Å². The fraction of sp³-hybridized carbons (Fsp3) is 0.0625. The van der Waals surface area contributed by atoms with Crippen LogP contribution in [0.25, 0.3) is 17.5 Å². The largest absolute Gasteiger partial charge is 0.497 e. The number of rotatable bonds is 5. The Morgan fingerprint density at radius 2 is 2.13 bits per heavy atom. The maximum absolute atomic E-state index is 11.8. The molecule has 116 valence electrons. The second-order valence-corrected chi connectivity index (χ2v) is 4.57. The molecule has 2 aromatic heterocycles. The third-order valence-corrected chi connectivity index (χ3v) is 3.03. The van der Waals surface area contributed by atoms with Crippen LogP contribution in [-0.4, -0.2) is 28.2 Å². The monoisotopic (exact) mass is 310 g/mol. The molecule has 7 heteroatoms. The number of ether oxygens (including phenoxy) is 1. The van der Waals surface area contributed by atoms with Gasteiger partial charge in [-0.1, -0.05) is 0 Å². The summed E-state index contributed by atoms with van der Waals surface area (Å²) in [6.07, 6.45) is 4.45. The van der Waals surface area contributed by atoms with Gasteiger partial charge in [0.2, 0.25) is 5.95 Å². The van der Waals surface area contributed by atoms with E-state index in [4.69, 9.17) is 9.15 Å². The van der Waals surface area contributed by atoms with E-state index >= 15 is 0 Å². The lowest BCUT2D eigenvalue weighted by Gasteiger charge is -1.99. The number of hydrogen-bond donors (Lipinski definition) is 2. The molecule has 0 saturated heterocycles. The maximum atomic E-state index is 11.8. The van der Waals surface area contributed by atoms with Crippen molar-refractivity contribution in [3.8, 4) is 17.1 Å². The number of aromatic amines is 1. The summed E-state index contributed by atoms with van der Waals surface area (Å²) in [6.45, 7) is 0. The molecule has 7 nitrogen and oxygen atoms in total. The molecular weight excluding hydrogens is 296 g/mol. The average Bonchev–Trinajstić information content (AvgIpc) is 3.25. The van der Waals surface area contributed by atoms with Gasteiger partial charge in [-0.3, -0.25) is 15.2 Å². The van der Waals surface area contributed by atoms with Gasteiger partial charge in [-0.15, -0.1) is 5.10 Å². The van der Waals surface area contributed by atoms with Crippen LogP contribution in [0.4, 0.5) is 5.95 Å². The molecule has 1 amide bonds. The number of methoxy groups -OCH3 is 1. The lowest BCUT2D eigenvalue weighted by atomic mass is 10.2. The van der Waals surface area contributed by atoms with Gasteiger partial charge in [0.25, 0.3) is 5.91 Å².